The van der Waals surface area contributed by atoms with E-state index in [9.17, 15) is 4.79 Å². The number of carbonyl (C=O) groups excluding carboxylic acids is 1. The Morgan fingerprint density at radius 2 is 2.22 bits per heavy atom. The van der Waals surface area contributed by atoms with Crippen LogP contribution in [0.15, 0.2) is 30.5 Å². The van der Waals surface area contributed by atoms with Crippen molar-refractivity contribution in [3.63, 3.8) is 0 Å². The number of anilines is 3. The second-order valence-electron chi connectivity index (χ2n) is 3.68. The summed E-state index contributed by atoms with van der Waals surface area (Å²) in [5.74, 6) is -0.955. The number of nitrogens with one attached hydrogen (secondary N) is 1. The van der Waals surface area contributed by atoms with Gasteiger partial charge >= 0.3 is 0 Å². The second-order valence-corrected chi connectivity index (χ2v) is 3.68. The van der Waals surface area contributed by atoms with Crippen LogP contribution in [0.4, 0.5) is 17.3 Å². The first-order chi connectivity index (χ1) is 11.5. The Morgan fingerprint density at radius 1 is 1.39 bits per heavy atom. The number of nitrogens with zero attached hydrogens (tertiary/aromatic N) is 3. The molecule has 0 radical (unpaired) electrons. The average molecular weight is 247 g/mol. The molecule has 2 aromatic rings. The molecule has 0 spiro atoms. The number of hydrogen-bond acceptors (Lipinski definition) is 4. The van der Waals surface area contributed by atoms with Crippen molar-refractivity contribution >= 4 is 23.2 Å². The molecule has 1 aliphatic heterocycles. The van der Waals surface area contributed by atoms with Gasteiger partial charge in [-0.15, -0.1) is 0 Å². The van der Waals surface area contributed by atoms with Crippen molar-refractivity contribution in [2.75, 3.05) is 17.3 Å². The molecular formula is C13H12N4O. The van der Waals surface area contributed by atoms with Crippen LogP contribution in [0, 0.1) is 6.85 Å². The lowest BCUT2D eigenvalue weighted by Gasteiger charge is -2.18. The van der Waals surface area contributed by atoms with Gasteiger partial charge in [0.25, 0.3) is 5.91 Å². The maximum atomic E-state index is 12.6. The zero-order chi connectivity index (χ0) is 18.7. The summed E-state index contributed by atoms with van der Waals surface area (Å²) in [6, 6.07) is 0.0312. The zero-order valence-electron chi connectivity index (χ0n) is 16.3. The summed E-state index contributed by atoms with van der Waals surface area (Å²) in [6.45, 7) is -2.61. The first-order valence-corrected chi connectivity index (χ1v) is 5.07. The third kappa shape index (κ3) is 1.44. The lowest BCUT2D eigenvalue weighted by atomic mass is 10.2. The molecule has 18 heavy (non-hydrogen) atoms. The minimum Gasteiger partial charge on any atom is -0.318 e. The van der Waals surface area contributed by atoms with Crippen molar-refractivity contribution in [1.82, 2.24) is 9.97 Å². The Balaban J connectivity index is 2.36. The van der Waals surface area contributed by atoms with Gasteiger partial charge in [0.2, 0.25) is 0 Å². The molecule has 0 aromatic carbocycles. The Bertz CT molecular complexity index is 912. The van der Waals surface area contributed by atoms with Crippen LogP contribution in [-0.2, 0) is 0 Å². The maximum absolute atomic E-state index is 12.6. The van der Waals surface area contributed by atoms with E-state index in [1.807, 2.05) is 0 Å². The number of amides is 1. The SMILES string of the molecule is [2H]c1cc(C([2H])([2H])[2H])c2c(n1)N(C)c1nc([2H])c([2H])c([2H])c1C(=O)N2. The van der Waals surface area contributed by atoms with Crippen molar-refractivity contribution < 1.29 is 14.4 Å². The number of pyridine rings is 2. The Morgan fingerprint density at radius 3 is 3.06 bits per heavy atom. The Kier molecular flexibility index (Phi) is 1.16. The highest BCUT2D eigenvalue weighted by Gasteiger charge is 2.25. The molecule has 90 valence electrons. The van der Waals surface area contributed by atoms with Crippen LogP contribution in [-0.4, -0.2) is 22.9 Å². The van der Waals surface area contributed by atoms with Crippen LogP contribution in [0.1, 0.15) is 25.5 Å². The zero-order valence-corrected chi connectivity index (χ0v) is 9.33. The quantitative estimate of drug-likeness (QED) is 0.774. The summed E-state index contributed by atoms with van der Waals surface area (Å²) < 4.78 is 53.9. The van der Waals surface area contributed by atoms with Gasteiger partial charge in [0.1, 0.15) is 5.82 Å². The van der Waals surface area contributed by atoms with Crippen LogP contribution >= 0.6 is 0 Å². The summed E-state index contributed by atoms with van der Waals surface area (Å²) in [7, 11) is 1.43. The smallest absolute Gasteiger partial charge is 0.259 e. The van der Waals surface area contributed by atoms with Crippen molar-refractivity contribution in [3.8, 4) is 0 Å². The Hall–Kier alpha value is -2.43. The molecule has 5 nitrogen and oxygen atoms in total. The highest BCUT2D eigenvalue weighted by Crippen LogP contribution is 2.35. The van der Waals surface area contributed by atoms with E-state index in [0.29, 0.717) is 0 Å². The first-order valence-electron chi connectivity index (χ1n) is 8.57. The number of fused-ring (bicyclic) bond motifs is 2. The predicted octanol–water partition coefficient (Wildman–Crippen LogP) is 2.12. The molecule has 0 unspecified atom stereocenters. The van der Waals surface area contributed by atoms with Crippen molar-refractivity contribution in [3.05, 3.63) is 41.6 Å². The third-order valence-electron chi connectivity index (χ3n) is 2.60. The molecule has 0 atom stereocenters. The van der Waals surface area contributed by atoms with Gasteiger partial charge in [0.05, 0.1) is 16.7 Å². The number of rotatable bonds is 0. The standard InChI is InChI=1S/C13H12N4O/c1-8-5-7-15-12-10(8)16-13(18)9-4-3-6-14-11(9)17(12)2/h3-7H,1-2H3,(H,16,18)/i1D3,3D,4D,6D,7D. The monoisotopic (exact) mass is 247 g/mol. The molecule has 3 rings (SSSR count). The fourth-order valence-corrected chi connectivity index (χ4v) is 1.73. The molecule has 3 heterocycles. The number of aromatic nitrogens is 2. The summed E-state index contributed by atoms with van der Waals surface area (Å²) in [5.41, 5.74) is -0.636. The summed E-state index contributed by atoms with van der Waals surface area (Å²) in [5, 5.41) is 2.41. The van der Waals surface area contributed by atoms with Gasteiger partial charge in [-0.1, -0.05) is 0 Å². The van der Waals surface area contributed by atoms with Crippen LogP contribution < -0.4 is 10.2 Å². The summed E-state index contributed by atoms with van der Waals surface area (Å²) in [6.07, 6.45) is -0.811. The minimum atomic E-state index is -2.61. The molecule has 1 aliphatic rings. The lowest BCUT2D eigenvalue weighted by Crippen LogP contribution is -2.14. The van der Waals surface area contributed by atoms with Crippen molar-refractivity contribution in [2.45, 2.75) is 6.85 Å². The second kappa shape index (κ2) is 3.80. The Labute approximate surface area is 114 Å². The van der Waals surface area contributed by atoms with Gasteiger partial charge in [-0.3, -0.25) is 4.79 Å². The highest BCUT2D eigenvalue weighted by molar-refractivity contribution is 6.11. The number of carbonyl (C=O) groups is 1. The largest absolute Gasteiger partial charge is 0.318 e. The van der Waals surface area contributed by atoms with Gasteiger partial charge in [-0.2, -0.15) is 0 Å². The fourth-order valence-electron chi connectivity index (χ4n) is 1.73. The van der Waals surface area contributed by atoms with E-state index in [2.05, 4.69) is 15.3 Å². The molecule has 0 aliphatic carbocycles. The number of aryl methyl sites for hydroxylation is 1. The van der Waals surface area contributed by atoms with Crippen LogP contribution in [0.3, 0.4) is 0 Å². The normalized spacial score (nSPS) is 19.7. The molecule has 1 N–H and O–H groups in total. The molecule has 5 heteroatoms. The molecule has 0 saturated carbocycles. The molecule has 0 saturated heterocycles. The minimum absolute atomic E-state index is 0.0326. The van der Waals surface area contributed by atoms with Crippen LogP contribution in [0.5, 0.6) is 0 Å². The topological polar surface area (TPSA) is 58.1 Å². The predicted molar refractivity (Wildman–Crippen MR) is 69.2 cm³/mol. The van der Waals surface area contributed by atoms with Gasteiger partial charge < -0.3 is 10.2 Å². The first kappa shape index (κ1) is 5.48. The molecule has 0 fully saturated rings. The summed E-state index contributed by atoms with van der Waals surface area (Å²) in [4.78, 5) is 21.6. The van der Waals surface area contributed by atoms with E-state index >= 15 is 0 Å². The van der Waals surface area contributed by atoms with E-state index in [1.165, 1.54) is 11.9 Å². The molecule has 1 amide bonds. The molecular weight excluding hydrogens is 228 g/mol. The third-order valence-corrected chi connectivity index (χ3v) is 2.60. The highest BCUT2D eigenvalue weighted by atomic mass is 16.1. The van der Waals surface area contributed by atoms with E-state index in [4.69, 9.17) is 9.60 Å². The van der Waals surface area contributed by atoms with Crippen LogP contribution in [0.2, 0.25) is 0 Å². The van der Waals surface area contributed by atoms with E-state index in [-0.39, 0.29) is 34.6 Å². The fraction of sp³-hybridized carbons (Fsp3) is 0.154. The van der Waals surface area contributed by atoms with Crippen molar-refractivity contribution in [2.24, 2.45) is 0 Å². The van der Waals surface area contributed by atoms with Gasteiger partial charge in [0, 0.05) is 23.5 Å². The lowest BCUT2D eigenvalue weighted by molar-refractivity contribution is 0.102. The number of hydrogen-bond donors (Lipinski definition) is 1. The average Bonchev–Trinajstić information content (AvgIpc) is 2.60. The van der Waals surface area contributed by atoms with E-state index in [0.717, 1.165) is 6.07 Å². The summed E-state index contributed by atoms with van der Waals surface area (Å²) >= 11 is 0. The molecule has 2 aromatic heterocycles. The van der Waals surface area contributed by atoms with Gasteiger partial charge in [-0.25, -0.2) is 9.97 Å². The van der Waals surface area contributed by atoms with E-state index in [1.54, 1.807) is 0 Å². The van der Waals surface area contributed by atoms with E-state index < -0.39 is 31.0 Å². The maximum Gasteiger partial charge on any atom is 0.259 e. The van der Waals surface area contributed by atoms with Crippen molar-refractivity contribution in [1.29, 1.82) is 0 Å². The van der Waals surface area contributed by atoms with Crippen LogP contribution in [0.25, 0.3) is 0 Å². The van der Waals surface area contributed by atoms with Gasteiger partial charge in [0.15, 0.2) is 5.82 Å². The molecule has 0 bridgehead atoms. The van der Waals surface area contributed by atoms with Gasteiger partial charge in [-0.05, 0) is 30.6 Å².